The Kier molecular flexibility index (Phi) is 9.18. The van der Waals surface area contributed by atoms with E-state index in [2.05, 4.69) is 10.6 Å². The lowest BCUT2D eigenvalue weighted by Gasteiger charge is -2.15. The van der Waals surface area contributed by atoms with E-state index in [1.165, 1.54) is 0 Å². The quantitative estimate of drug-likeness (QED) is 0.402. The van der Waals surface area contributed by atoms with Gasteiger partial charge in [0.1, 0.15) is 12.8 Å². The van der Waals surface area contributed by atoms with E-state index in [0.717, 1.165) is 12.8 Å². The molecule has 0 aliphatic carbocycles. The van der Waals surface area contributed by atoms with E-state index in [4.69, 9.17) is 9.84 Å². The molecule has 5 heteroatoms. The number of ether oxygens (including phenoxy) is 1. The molecule has 0 aromatic rings. The predicted octanol–water partition coefficient (Wildman–Crippen LogP) is 0.583. The lowest BCUT2D eigenvalue weighted by molar-refractivity contribution is -0.127. The van der Waals surface area contributed by atoms with Crippen LogP contribution in [-0.2, 0) is 9.53 Å². The molecule has 0 fully saturated rings. The number of aliphatic hydroxyl groups is 1. The van der Waals surface area contributed by atoms with Crippen LogP contribution in [0.15, 0.2) is 0 Å². The van der Waals surface area contributed by atoms with E-state index in [9.17, 15) is 4.79 Å². The molecule has 0 aliphatic rings. The number of nitrogens with one attached hydrogen (secondary N) is 2. The van der Waals surface area contributed by atoms with Crippen molar-refractivity contribution < 1.29 is 14.6 Å². The lowest BCUT2D eigenvalue weighted by atomic mass is 10.2. The summed E-state index contributed by atoms with van der Waals surface area (Å²) in [5.41, 5.74) is 0. The summed E-state index contributed by atoms with van der Waals surface area (Å²) < 4.78 is 5.07. The van der Waals surface area contributed by atoms with Gasteiger partial charge in [-0.1, -0.05) is 20.8 Å². The Morgan fingerprint density at radius 1 is 1.25 bits per heavy atom. The summed E-state index contributed by atoms with van der Waals surface area (Å²) in [6.07, 6.45) is 1.90. The molecule has 0 rings (SSSR count). The minimum atomic E-state index is -0.568. The first-order chi connectivity index (χ1) is 7.63. The summed E-state index contributed by atoms with van der Waals surface area (Å²) in [7, 11) is 0. The van der Waals surface area contributed by atoms with Crippen LogP contribution < -0.4 is 10.6 Å². The number of hydrogen-bond acceptors (Lipinski definition) is 4. The molecular weight excluding hydrogens is 208 g/mol. The van der Waals surface area contributed by atoms with Gasteiger partial charge in [-0.2, -0.15) is 0 Å². The molecule has 0 saturated carbocycles. The molecule has 1 amide bonds. The van der Waals surface area contributed by atoms with Crippen molar-refractivity contribution in [2.75, 3.05) is 13.3 Å². The molecular formula is C11H24N2O3. The maximum Gasteiger partial charge on any atom is 0.246 e. The van der Waals surface area contributed by atoms with Crippen molar-refractivity contribution in [3.05, 3.63) is 0 Å². The molecule has 0 saturated heterocycles. The SMILES string of the molecule is CCC(O)NCOCC(=O)NC(CC)CC. The van der Waals surface area contributed by atoms with Crippen molar-refractivity contribution in [1.29, 1.82) is 0 Å². The fraction of sp³-hybridized carbons (Fsp3) is 0.909. The molecule has 0 radical (unpaired) electrons. The summed E-state index contributed by atoms with van der Waals surface area (Å²) in [5, 5.41) is 14.7. The third kappa shape index (κ3) is 7.62. The first kappa shape index (κ1) is 15.3. The van der Waals surface area contributed by atoms with Gasteiger partial charge in [-0.15, -0.1) is 0 Å². The second-order valence-electron chi connectivity index (χ2n) is 3.70. The Hall–Kier alpha value is -0.650. The molecule has 1 unspecified atom stereocenters. The van der Waals surface area contributed by atoms with Crippen LogP contribution in [0, 0.1) is 0 Å². The number of carbonyl (C=O) groups excluding carboxylic acids is 1. The maximum absolute atomic E-state index is 11.4. The van der Waals surface area contributed by atoms with E-state index >= 15 is 0 Å². The Balaban J connectivity index is 3.50. The zero-order chi connectivity index (χ0) is 12.4. The topological polar surface area (TPSA) is 70.6 Å². The number of hydrogen-bond donors (Lipinski definition) is 3. The lowest BCUT2D eigenvalue weighted by Crippen LogP contribution is -2.38. The standard InChI is InChI=1S/C11H24N2O3/c1-4-9(5-2)13-11(15)7-16-8-12-10(14)6-3/h9-10,12,14H,4-8H2,1-3H3,(H,13,15). The Bertz CT molecular complexity index is 184. The van der Waals surface area contributed by atoms with Gasteiger partial charge in [-0.05, 0) is 19.3 Å². The average Bonchev–Trinajstić information content (AvgIpc) is 2.31. The Labute approximate surface area is 97.6 Å². The molecule has 3 N–H and O–H groups in total. The second kappa shape index (κ2) is 9.57. The summed E-state index contributed by atoms with van der Waals surface area (Å²) in [5.74, 6) is -0.110. The zero-order valence-electron chi connectivity index (χ0n) is 10.5. The van der Waals surface area contributed by atoms with Gasteiger partial charge < -0.3 is 15.2 Å². The van der Waals surface area contributed by atoms with Crippen molar-refractivity contribution >= 4 is 5.91 Å². The molecule has 5 nitrogen and oxygen atoms in total. The van der Waals surface area contributed by atoms with Gasteiger partial charge in [0, 0.05) is 6.04 Å². The highest BCUT2D eigenvalue weighted by Gasteiger charge is 2.08. The van der Waals surface area contributed by atoms with Crippen molar-refractivity contribution in [1.82, 2.24) is 10.6 Å². The highest BCUT2D eigenvalue weighted by molar-refractivity contribution is 5.77. The van der Waals surface area contributed by atoms with Gasteiger partial charge in [-0.3, -0.25) is 10.1 Å². The highest BCUT2D eigenvalue weighted by atomic mass is 16.5. The predicted molar refractivity (Wildman–Crippen MR) is 62.8 cm³/mol. The molecule has 0 aromatic heterocycles. The molecule has 0 bridgehead atoms. The first-order valence-electron chi connectivity index (χ1n) is 5.92. The molecule has 0 spiro atoms. The summed E-state index contributed by atoms with van der Waals surface area (Å²) in [6, 6.07) is 0.227. The van der Waals surface area contributed by atoms with Crippen molar-refractivity contribution in [2.24, 2.45) is 0 Å². The van der Waals surface area contributed by atoms with Crippen LogP contribution in [0.5, 0.6) is 0 Å². The Morgan fingerprint density at radius 2 is 1.88 bits per heavy atom. The smallest absolute Gasteiger partial charge is 0.246 e. The third-order valence-corrected chi connectivity index (χ3v) is 2.39. The fourth-order valence-electron chi connectivity index (χ4n) is 1.21. The van der Waals surface area contributed by atoms with E-state index in [0.29, 0.717) is 6.42 Å². The summed E-state index contributed by atoms with van der Waals surface area (Å²) >= 11 is 0. The van der Waals surface area contributed by atoms with Crippen LogP contribution in [0.3, 0.4) is 0 Å². The van der Waals surface area contributed by atoms with Gasteiger partial charge >= 0.3 is 0 Å². The van der Waals surface area contributed by atoms with Gasteiger partial charge in [0.2, 0.25) is 5.91 Å². The number of amides is 1. The number of aliphatic hydroxyl groups excluding tert-OH is 1. The van der Waals surface area contributed by atoms with Crippen LogP contribution in [0.4, 0.5) is 0 Å². The summed E-state index contributed by atoms with van der Waals surface area (Å²) in [4.78, 5) is 11.4. The molecule has 16 heavy (non-hydrogen) atoms. The van der Waals surface area contributed by atoms with Gasteiger partial charge in [0.05, 0.1) is 6.73 Å². The fourth-order valence-corrected chi connectivity index (χ4v) is 1.21. The average molecular weight is 232 g/mol. The molecule has 0 aliphatic heterocycles. The van der Waals surface area contributed by atoms with Crippen LogP contribution in [0.2, 0.25) is 0 Å². The zero-order valence-corrected chi connectivity index (χ0v) is 10.5. The van der Waals surface area contributed by atoms with Crippen LogP contribution in [0.1, 0.15) is 40.0 Å². The van der Waals surface area contributed by atoms with Gasteiger partial charge in [0.25, 0.3) is 0 Å². The van der Waals surface area contributed by atoms with Crippen LogP contribution in [-0.4, -0.2) is 36.6 Å². The minimum absolute atomic E-state index is 0.0277. The molecule has 0 heterocycles. The van der Waals surface area contributed by atoms with Crippen molar-refractivity contribution in [2.45, 2.75) is 52.3 Å². The maximum atomic E-state index is 11.4. The monoisotopic (exact) mass is 232 g/mol. The van der Waals surface area contributed by atoms with E-state index < -0.39 is 6.23 Å². The normalized spacial score (nSPS) is 12.8. The van der Waals surface area contributed by atoms with E-state index in [1.807, 2.05) is 20.8 Å². The minimum Gasteiger partial charge on any atom is -0.379 e. The molecule has 1 atom stereocenters. The van der Waals surface area contributed by atoms with E-state index in [-0.39, 0.29) is 25.3 Å². The van der Waals surface area contributed by atoms with Gasteiger partial charge in [0.15, 0.2) is 0 Å². The molecule has 96 valence electrons. The second-order valence-corrected chi connectivity index (χ2v) is 3.70. The van der Waals surface area contributed by atoms with Crippen molar-refractivity contribution in [3.8, 4) is 0 Å². The Morgan fingerprint density at radius 3 is 2.38 bits per heavy atom. The van der Waals surface area contributed by atoms with Gasteiger partial charge in [-0.25, -0.2) is 0 Å². The summed E-state index contributed by atoms with van der Waals surface area (Å²) in [6.45, 7) is 6.14. The molecule has 0 aromatic carbocycles. The third-order valence-electron chi connectivity index (χ3n) is 2.39. The number of rotatable bonds is 9. The highest BCUT2D eigenvalue weighted by Crippen LogP contribution is 1.95. The first-order valence-corrected chi connectivity index (χ1v) is 5.92. The largest absolute Gasteiger partial charge is 0.379 e. The van der Waals surface area contributed by atoms with Crippen LogP contribution >= 0.6 is 0 Å². The van der Waals surface area contributed by atoms with Crippen molar-refractivity contribution in [3.63, 3.8) is 0 Å². The van der Waals surface area contributed by atoms with Crippen LogP contribution in [0.25, 0.3) is 0 Å². The number of carbonyl (C=O) groups is 1. The van der Waals surface area contributed by atoms with E-state index in [1.54, 1.807) is 0 Å².